The minimum Gasteiger partial charge on any atom is -0.314 e. The van der Waals surface area contributed by atoms with E-state index < -0.39 is 10.8 Å². The monoisotopic (exact) mass is 167 g/mol. The molecular formula is C6H14FNOS. The maximum atomic E-state index is 11.5. The third-order valence-corrected chi connectivity index (χ3v) is 1.92. The van der Waals surface area contributed by atoms with Crippen molar-refractivity contribution in [3.8, 4) is 0 Å². The van der Waals surface area contributed by atoms with E-state index in [1.165, 1.54) is 0 Å². The van der Waals surface area contributed by atoms with Crippen molar-refractivity contribution in [2.75, 3.05) is 31.8 Å². The normalized spacial score (nSPS) is 13.4. The van der Waals surface area contributed by atoms with E-state index in [2.05, 4.69) is 5.32 Å². The molecule has 0 radical (unpaired) electrons. The minimum absolute atomic E-state index is 0.324. The summed E-state index contributed by atoms with van der Waals surface area (Å²) in [7, 11) is -0.705. The SMILES string of the molecule is CS(=O)CCCNCCF. The van der Waals surface area contributed by atoms with Crippen LogP contribution in [0.15, 0.2) is 0 Å². The lowest BCUT2D eigenvalue weighted by Gasteiger charge is -1.98. The molecule has 0 heterocycles. The maximum Gasteiger partial charge on any atom is 0.102 e. The van der Waals surface area contributed by atoms with Crippen LogP contribution in [0.25, 0.3) is 0 Å². The first-order chi connectivity index (χ1) is 4.77. The predicted octanol–water partition coefficient (Wildman–Crippen LogP) is 0.314. The molecule has 62 valence electrons. The molecule has 0 bridgehead atoms. The van der Waals surface area contributed by atoms with E-state index in [1.54, 1.807) is 6.26 Å². The summed E-state index contributed by atoms with van der Waals surface area (Å²) in [6, 6.07) is 0. The topological polar surface area (TPSA) is 29.1 Å². The molecule has 0 aliphatic carbocycles. The Morgan fingerprint density at radius 2 is 2.20 bits per heavy atom. The predicted molar refractivity (Wildman–Crippen MR) is 42.4 cm³/mol. The summed E-state index contributed by atoms with van der Waals surface area (Å²) in [5, 5.41) is 2.88. The zero-order valence-electron chi connectivity index (χ0n) is 6.23. The van der Waals surface area contributed by atoms with E-state index in [0.29, 0.717) is 12.3 Å². The van der Waals surface area contributed by atoms with Gasteiger partial charge in [-0.15, -0.1) is 0 Å². The van der Waals surface area contributed by atoms with Gasteiger partial charge >= 0.3 is 0 Å². The van der Waals surface area contributed by atoms with E-state index in [-0.39, 0.29) is 6.67 Å². The van der Waals surface area contributed by atoms with Crippen LogP contribution in [0, 0.1) is 0 Å². The fourth-order valence-electron chi connectivity index (χ4n) is 0.592. The number of rotatable bonds is 6. The Morgan fingerprint density at radius 1 is 1.50 bits per heavy atom. The highest BCUT2D eigenvalue weighted by Crippen LogP contribution is 1.80. The van der Waals surface area contributed by atoms with Crippen LogP contribution in [0.4, 0.5) is 4.39 Å². The van der Waals surface area contributed by atoms with E-state index >= 15 is 0 Å². The zero-order chi connectivity index (χ0) is 7.82. The fraction of sp³-hybridized carbons (Fsp3) is 1.00. The molecule has 10 heavy (non-hydrogen) atoms. The molecule has 0 aromatic carbocycles. The van der Waals surface area contributed by atoms with Crippen molar-refractivity contribution in [1.82, 2.24) is 5.32 Å². The molecule has 0 saturated heterocycles. The van der Waals surface area contributed by atoms with Gasteiger partial charge in [0.2, 0.25) is 0 Å². The first-order valence-electron chi connectivity index (χ1n) is 3.34. The van der Waals surface area contributed by atoms with Crippen LogP contribution in [0.5, 0.6) is 0 Å². The molecule has 0 fully saturated rings. The molecule has 0 spiro atoms. The van der Waals surface area contributed by atoms with Crippen molar-refractivity contribution < 1.29 is 8.60 Å². The molecule has 0 saturated carbocycles. The summed E-state index contributed by atoms with van der Waals surface area (Å²) in [6.45, 7) is 0.856. The summed E-state index contributed by atoms with van der Waals surface area (Å²) in [6.07, 6.45) is 2.54. The molecule has 2 nitrogen and oxygen atoms in total. The quantitative estimate of drug-likeness (QED) is 0.577. The Kier molecular flexibility index (Phi) is 7.18. The van der Waals surface area contributed by atoms with Gasteiger partial charge in [-0.05, 0) is 13.0 Å². The Balaban J connectivity index is 2.84. The van der Waals surface area contributed by atoms with Crippen LogP contribution >= 0.6 is 0 Å². The highest BCUT2D eigenvalue weighted by atomic mass is 32.2. The van der Waals surface area contributed by atoms with Crippen molar-refractivity contribution in [1.29, 1.82) is 0 Å². The van der Waals surface area contributed by atoms with Gasteiger partial charge in [-0.1, -0.05) is 0 Å². The van der Waals surface area contributed by atoms with E-state index in [1.807, 2.05) is 0 Å². The molecule has 4 heteroatoms. The summed E-state index contributed by atoms with van der Waals surface area (Å²) >= 11 is 0. The number of hydrogen-bond acceptors (Lipinski definition) is 2. The van der Waals surface area contributed by atoms with Crippen LogP contribution in [0.2, 0.25) is 0 Å². The summed E-state index contributed by atoms with van der Waals surface area (Å²) in [4.78, 5) is 0. The van der Waals surface area contributed by atoms with E-state index in [4.69, 9.17) is 0 Å². The van der Waals surface area contributed by atoms with Crippen molar-refractivity contribution in [2.24, 2.45) is 0 Å². The van der Waals surface area contributed by atoms with Crippen molar-refractivity contribution in [2.45, 2.75) is 6.42 Å². The minimum atomic E-state index is -0.705. The Labute approximate surface area is 63.7 Å². The molecular weight excluding hydrogens is 153 g/mol. The maximum absolute atomic E-state index is 11.5. The highest BCUT2D eigenvalue weighted by Gasteiger charge is 1.90. The number of alkyl halides is 1. The van der Waals surface area contributed by atoms with Gasteiger partial charge in [0.15, 0.2) is 0 Å². The lowest BCUT2D eigenvalue weighted by Crippen LogP contribution is -2.19. The summed E-state index contributed by atoms with van der Waals surface area (Å²) in [5.74, 6) is 0.708. The van der Waals surface area contributed by atoms with Gasteiger partial charge in [0, 0.05) is 29.4 Å². The number of nitrogens with one attached hydrogen (secondary N) is 1. The molecule has 0 aromatic heterocycles. The Hall–Kier alpha value is 0.0400. The highest BCUT2D eigenvalue weighted by molar-refractivity contribution is 7.84. The molecule has 1 atom stereocenters. The Morgan fingerprint density at radius 3 is 2.70 bits per heavy atom. The van der Waals surface area contributed by atoms with E-state index in [0.717, 1.165) is 13.0 Å². The standard InChI is InChI=1S/C6H14FNOS/c1-10(9)6-2-4-8-5-3-7/h8H,2-6H2,1H3. The lowest BCUT2D eigenvalue weighted by molar-refractivity contribution is 0.467. The summed E-state index contributed by atoms with van der Waals surface area (Å²) < 4.78 is 21.9. The first kappa shape index (κ1) is 10.0. The second-order valence-corrected chi connectivity index (χ2v) is 3.62. The van der Waals surface area contributed by atoms with Crippen molar-refractivity contribution >= 4 is 10.8 Å². The molecule has 0 rings (SSSR count). The molecule has 1 unspecified atom stereocenters. The van der Waals surface area contributed by atoms with Crippen molar-refractivity contribution in [3.05, 3.63) is 0 Å². The number of hydrogen-bond donors (Lipinski definition) is 1. The molecule has 0 aliphatic heterocycles. The molecule has 0 aliphatic rings. The molecule has 1 N–H and O–H groups in total. The third kappa shape index (κ3) is 8.04. The average Bonchev–Trinajstić information content (AvgIpc) is 1.87. The van der Waals surface area contributed by atoms with Gasteiger partial charge in [-0.25, -0.2) is 4.39 Å². The first-order valence-corrected chi connectivity index (χ1v) is 5.07. The van der Waals surface area contributed by atoms with Crippen LogP contribution in [0.1, 0.15) is 6.42 Å². The zero-order valence-corrected chi connectivity index (χ0v) is 7.05. The van der Waals surface area contributed by atoms with Gasteiger partial charge in [-0.2, -0.15) is 0 Å². The lowest BCUT2D eigenvalue weighted by atomic mass is 10.5. The molecule has 0 aromatic rings. The second-order valence-electron chi connectivity index (χ2n) is 2.07. The van der Waals surface area contributed by atoms with Gasteiger partial charge in [0.05, 0.1) is 0 Å². The summed E-state index contributed by atoms with van der Waals surface area (Å²) in [5.41, 5.74) is 0. The average molecular weight is 167 g/mol. The van der Waals surface area contributed by atoms with Gasteiger partial charge in [0.25, 0.3) is 0 Å². The van der Waals surface area contributed by atoms with Gasteiger partial charge < -0.3 is 5.32 Å². The number of halogens is 1. The van der Waals surface area contributed by atoms with Crippen molar-refractivity contribution in [3.63, 3.8) is 0 Å². The molecule has 0 amide bonds. The van der Waals surface area contributed by atoms with Crippen LogP contribution in [0.3, 0.4) is 0 Å². The smallest absolute Gasteiger partial charge is 0.102 e. The second kappa shape index (κ2) is 7.15. The van der Waals surface area contributed by atoms with Gasteiger partial charge in [-0.3, -0.25) is 4.21 Å². The Bertz CT molecular complexity index is 99.7. The fourth-order valence-corrected chi connectivity index (χ4v) is 1.14. The van der Waals surface area contributed by atoms with Gasteiger partial charge in [0.1, 0.15) is 6.67 Å². The van der Waals surface area contributed by atoms with Crippen LogP contribution < -0.4 is 5.32 Å². The van der Waals surface area contributed by atoms with Crippen LogP contribution in [-0.2, 0) is 10.8 Å². The van der Waals surface area contributed by atoms with Crippen LogP contribution in [-0.4, -0.2) is 36.0 Å². The largest absolute Gasteiger partial charge is 0.314 e. The third-order valence-electron chi connectivity index (χ3n) is 1.06. The van der Waals surface area contributed by atoms with E-state index in [9.17, 15) is 8.60 Å².